The van der Waals surface area contributed by atoms with Crippen LogP contribution in [0, 0.1) is 24.1 Å². The molecule has 3 aromatic rings. The number of amides is 2. The third-order valence-corrected chi connectivity index (χ3v) is 4.77. The number of benzene rings is 3. The van der Waals surface area contributed by atoms with Gasteiger partial charge in [0.05, 0.1) is 22.9 Å². The molecule has 0 fully saturated rings. The first-order valence-electron chi connectivity index (χ1n) is 9.21. The first-order valence-corrected chi connectivity index (χ1v) is 9.21. The Morgan fingerprint density at radius 1 is 0.933 bits per heavy atom. The molecule has 0 saturated carbocycles. The Balaban J connectivity index is 1.81. The van der Waals surface area contributed by atoms with E-state index in [4.69, 9.17) is 5.26 Å². The molecule has 0 aliphatic carbocycles. The zero-order chi connectivity index (χ0) is 21.3. The summed E-state index contributed by atoms with van der Waals surface area (Å²) < 4.78 is 13.6. The molecule has 0 aromatic heterocycles. The highest BCUT2D eigenvalue weighted by Crippen LogP contribution is 2.34. The fourth-order valence-corrected chi connectivity index (χ4v) is 3.26. The van der Waals surface area contributed by atoms with Gasteiger partial charge in [0.2, 0.25) is 0 Å². The quantitative estimate of drug-likeness (QED) is 0.662. The van der Waals surface area contributed by atoms with E-state index in [9.17, 15) is 14.0 Å². The summed E-state index contributed by atoms with van der Waals surface area (Å²) in [5, 5.41) is 11.9. The molecule has 4 rings (SSSR count). The summed E-state index contributed by atoms with van der Waals surface area (Å²) in [4.78, 5) is 27.6. The number of nitrogens with zero attached hydrogens (tertiary/aromatic N) is 2. The molecule has 5 nitrogen and oxygen atoms in total. The van der Waals surface area contributed by atoms with E-state index in [2.05, 4.69) is 5.32 Å². The maximum absolute atomic E-state index is 13.6. The monoisotopic (exact) mass is 397 g/mol. The van der Waals surface area contributed by atoms with Gasteiger partial charge in [-0.2, -0.15) is 5.26 Å². The van der Waals surface area contributed by atoms with Gasteiger partial charge in [-0.1, -0.05) is 35.9 Å². The third kappa shape index (κ3) is 3.45. The lowest BCUT2D eigenvalue weighted by atomic mass is 10.0. The average molecular weight is 397 g/mol. The van der Waals surface area contributed by atoms with Crippen LogP contribution in [0.5, 0.6) is 0 Å². The molecule has 6 heteroatoms. The predicted molar refractivity (Wildman–Crippen MR) is 112 cm³/mol. The molecule has 0 atom stereocenters. The zero-order valence-electron chi connectivity index (χ0n) is 16.0. The molecular formula is C24H16FN3O2. The smallest absolute Gasteiger partial charge is 0.282 e. The SMILES string of the molecule is Cc1ccc(C2=C(Nc3cccc(F)c3)C(=O)N(c3ccc(C#N)cc3)C2=O)cc1. The average Bonchev–Trinajstić information content (AvgIpc) is 2.98. The highest BCUT2D eigenvalue weighted by atomic mass is 19.1. The van der Waals surface area contributed by atoms with Crippen LogP contribution in [0.1, 0.15) is 16.7 Å². The van der Waals surface area contributed by atoms with E-state index in [1.165, 1.54) is 18.2 Å². The minimum absolute atomic E-state index is 0.0683. The molecule has 0 saturated heterocycles. The number of rotatable bonds is 4. The van der Waals surface area contributed by atoms with Crippen molar-refractivity contribution in [3.63, 3.8) is 0 Å². The second kappa shape index (κ2) is 7.64. The minimum Gasteiger partial charge on any atom is -0.350 e. The lowest BCUT2D eigenvalue weighted by molar-refractivity contribution is -0.120. The Bertz CT molecular complexity index is 1220. The van der Waals surface area contributed by atoms with Crippen LogP contribution >= 0.6 is 0 Å². The van der Waals surface area contributed by atoms with E-state index in [-0.39, 0.29) is 11.3 Å². The molecule has 0 spiro atoms. The lowest BCUT2D eigenvalue weighted by Crippen LogP contribution is -2.32. The largest absolute Gasteiger partial charge is 0.350 e. The standard InChI is InChI=1S/C24H16FN3O2/c1-15-5-9-17(10-6-15)21-22(27-19-4-2-3-18(25)13-19)24(30)28(23(21)29)20-11-7-16(14-26)8-12-20/h2-13,27H,1H3. The van der Waals surface area contributed by atoms with Crippen molar-refractivity contribution in [2.24, 2.45) is 0 Å². The topological polar surface area (TPSA) is 73.2 Å². The van der Waals surface area contributed by atoms with Gasteiger partial charge in [0, 0.05) is 5.69 Å². The lowest BCUT2D eigenvalue weighted by Gasteiger charge is -2.15. The van der Waals surface area contributed by atoms with Crippen molar-refractivity contribution in [3.05, 3.63) is 101 Å². The predicted octanol–water partition coefficient (Wildman–Crippen LogP) is 4.40. The first-order chi connectivity index (χ1) is 14.5. The molecule has 1 aliphatic rings. The number of hydrogen-bond acceptors (Lipinski definition) is 4. The van der Waals surface area contributed by atoms with Gasteiger partial charge in [-0.05, 0) is 55.0 Å². The number of carbonyl (C=O) groups is 2. The molecule has 0 bridgehead atoms. The van der Waals surface area contributed by atoms with Gasteiger partial charge in [0.1, 0.15) is 11.5 Å². The number of nitrogens with one attached hydrogen (secondary N) is 1. The van der Waals surface area contributed by atoms with Crippen LogP contribution in [0.3, 0.4) is 0 Å². The van der Waals surface area contributed by atoms with Crippen LogP contribution in [0.4, 0.5) is 15.8 Å². The number of hydrogen-bond donors (Lipinski definition) is 1. The fourth-order valence-electron chi connectivity index (χ4n) is 3.26. The summed E-state index contributed by atoms with van der Waals surface area (Å²) in [7, 11) is 0. The molecule has 1 aliphatic heterocycles. The van der Waals surface area contributed by atoms with Crippen LogP contribution in [0.25, 0.3) is 5.57 Å². The van der Waals surface area contributed by atoms with Gasteiger partial charge in [0.25, 0.3) is 11.8 Å². The van der Waals surface area contributed by atoms with Crippen molar-refractivity contribution in [2.75, 3.05) is 10.2 Å². The molecule has 1 heterocycles. The highest BCUT2D eigenvalue weighted by molar-refractivity contribution is 6.46. The van der Waals surface area contributed by atoms with E-state index < -0.39 is 17.6 Å². The van der Waals surface area contributed by atoms with Crippen LogP contribution in [-0.4, -0.2) is 11.8 Å². The first kappa shape index (κ1) is 19.1. The van der Waals surface area contributed by atoms with Crippen LogP contribution in [0.2, 0.25) is 0 Å². The Morgan fingerprint density at radius 2 is 1.63 bits per heavy atom. The van der Waals surface area contributed by atoms with Gasteiger partial charge in [-0.3, -0.25) is 9.59 Å². The molecule has 0 unspecified atom stereocenters. The van der Waals surface area contributed by atoms with E-state index in [1.807, 2.05) is 25.1 Å². The van der Waals surface area contributed by atoms with Crippen molar-refractivity contribution in [1.82, 2.24) is 0 Å². The highest BCUT2D eigenvalue weighted by Gasteiger charge is 2.40. The summed E-state index contributed by atoms with van der Waals surface area (Å²) >= 11 is 0. The molecule has 1 N–H and O–H groups in total. The Morgan fingerprint density at radius 3 is 2.27 bits per heavy atom. The van der Waals surface area contributed by atoms with Crippen molar-refractivity contribution >= 4 is 28.8 Å². The minimum atomic E-state index is -0.551. The normalized spacial score (nSPS) is 13.6. The van der Waals surface area contributed by atoms with Gasteiger partial charge in [-0.15, -0.1) is 0 Å². The Kier molecular flexibility index (Phi) is 4.87. The van der Waals surface area contributed by atoms with Crippen molar-refractivity contribution < 1.29 is 14.0 Å². The number of nitriles is 1. The molecule has 146 valence electrons. The summed E-state index contributed by atoms with van der Waals surface area (Å²) in [5.74, 6) is -1.50. The van der Waals surface area contributed by atoms with Crippen LogP contribution in [0.15, 0.2) is 78.5 Å². The Labute approximate surface area is 172 Å². The van der Waals surface area contributed by atoms with E-state index in [0.29, 0.717) is 22.5 Å². The molecule has 0 radical (unpaired) electrons. The zero-order valence-corrected chi connectivity index (χ0v) is 16.0. The summed E-state index contributed by atoms with van der Waals surface area (Å²) in [6.07, 6.45) is 0. The molecule has 3 aromatic carbocycles. The summed E-state index contributed by atoms with van der Waals surface area (Å²) in [6, 6.07) is 21.1. The molecule has 2 amide bonds. The third-order valence-electron chi connectivity index (χ3n) is 4.77. The van der Waals surface area contributed by atoms with Crippen molar-refractivity contribution in [2.45, 2.75) is 6.92 Å². The number of aryl methyl sites for hydroxylation is 1. The van der Waals surface area contributed by atoms with Crippen LogP contribution < -0.4 is 10.2 Å². The van der Waals surface area contributed by atoms with E-state index >= 15 is 0 Å². The maximum Gasteiger partial charge on any atom is 0.282 e. The number of carbonyl (C=O) groups excluding carboxylic acids is 2. The summed E-state index contributed by atoms with van der Waals surface area (Å²) in [6.45, 7) is 1.93. The van der Waals surface area contributed by atoms with Gasteiger partial charge in [0.15, 0.2) is 0 Å². The van der Waals surface area contributed by atoms with E-state index in [0.717, 1.165) is 10.5 Å². The van der Waals surface area contributed by atoms with Gasteiger partial charge in [-0.25, -0.2) is 9.29 Å². The molecular weight excluding hydrogens is 381 g/mol. The molecule has 30 heavy (non-hydrogen) atoms. The van der Waals surface area contributed by atoms with Crippen molar-refractivity contribution in [3.8, 4) is 6.07 Å². The van der Waals surface area contributed by atoms with Gasteiger partial charge >= 0.3 is 0 Å². The number of halogens is 1. The van der Waals surface area contributed by atoms with Crippen molar-refractivity contribution in [1.29, 1.82) is 5.26 Å². The Hall–Kier alpha value is -4.24. The second-order valence-electron chi connectivity index (χ2n) is 6.86. The second-order valence-corrected chi connectivity index (χ2v) is 6.86. The summed E-state index contributed by atoms with van der Waals surface area (Å²) in [5.41, 5.74) is 2.99. The number of anilines is 2. The number of imide groups is 1. The van der Waals surface area contributed by atoms with Gasteiger partial charge < -0.3 is 5.32 Å². The maximum atomic E-state index is 13.6. The van der Waals surface area contributed by atoms with Crippen LogP contribution in [-0.2, 0) is 9.59 Å². The van der Waals surface area contributed by atoms with E-state index in [1.54, 1.807) is 42.5 Å². The fraction of sp³-hybridized carbons (Fsp3) is 0.0417.